The molecule has 0 aromatic heterocycles. The summed E-state index contributed by atoms with van der Waals surface area (Å²) in [5.74, 6) is 0. The van der Waals surface area contributed by atoms with E-state index < -0.39 is 13.9 Å². The molecule has 0 aliphatic rings. The van der Waals surface area contributed by atoms with Gasteiger partial charge in [0.15, 0.2) is 0 Å². The van der Waals surface area contributed by atoms with Crippen molar-refractivity contribution in [3.05, 3.63) is 12.7 Å². The normalized spacial score (nSPS) is 15.9. The SMILES string of the molecule is C=CCOCC(COP(=O)(O)OCC[N+](C)(C)C)OCCCCC. The third-order valence-electron chi connectivity index (χ3n) is 3.08. The van der Waals surface area contributed by atoms with Gasteiger partial charge in [0.1, 0.15) is 19.3 Å². The highest BCUT2D eigenvalue weighted by Gasteiger charge is 2.24. The summed E-state index contributed by atoms with van der Waals surface area (Å²) in [6, 6.07) is 0. The predicted octanol–water partition coefficient (Wildman–Crippen LogP) is 2.60. The first-order chi connectivity index (χ1) is 11.2. The van der Waals surface area contributed by atoms with Gasteiger partial charge in [-0.2, -0.15) is 0 Å². The molecule has 0 aromatic carbocycles. The number of hydrogen-bond acceptors (Lipinski definition) is 5. The molecule has 0 fully saturated rings. The minimum atomic E-state index is -4.08. The van der Waals surface area contributed by atoms with Gasteiger partial charge in [0.2, 0.25) is 0 Å². The molecule has 0 heterocycles. The Morgan fingerprint density at radius 3 is 2.46 bits per heavy atom. The number of phosphoric acid groups is 1. The molecule has 144 valence electrons. The molecule has 0 radical (unpaired) electrons. The zero-order valence-corrected chi connectivity index (χ0v) is 16.5. The summed E-state index contributed by atoms with van der Waals surface area (Å²) >= 11 is 0. The fraction of sp³-hybridized carbons (Fsp3) is 0.875. The lowest BCUT2D eigenvalue weighted by atomic mass is 10.3. The average molecular weight is 368 g/mol. The minimum Gasteiger partial charge on any atom is -0.375 e. The van der Waals surface area contributed by atoms with Crippen LogP contribution in [0.25, 0.3) is 0 Å². The Morgan fingerprint density at radius 2 is 1.88 bits per heavy atom. The van der Waals surface area contributed by atoms with Crippen molar-refractivity contribution in [2.24, 2.45) is 0 Å². The van der Waals surface area contributed by atoms with Crippen LogP contribution in [-0.4, -0.2) is 76.2 Å². The number of likely N-dealkylation sites (N-methyl/N-ethyl adjacent to an activating group) is 1. The van der Waals surface area contributed by atoms with Crippen molar-refractivity contribution in [3.63, 3.8) is 0 Å². The minimum absolute atomic E-state index is 0.0541. The van der Waals surface area contributed by atoms with Crippen molar-refractivity contribution >= 4 is 7.82 Å². The van der Waals surface area contributed by atoms with Crippen LogP contribution in [0.3, 0.4) is 0 Å². The Hall–Kier alpha value is -0.270. The zero-order valence-electron chi connectivity index (χ0n) is 15.6. The van der Waals surface area contributed by atoms with E-state index >= 15 is 0 Å². The second kappa shape index (κ2) is 13.0. The van der Waals surface area contributed by atoms with Crippen LogP contribution in [0, 0.1) is 0 Å². The molecule has 0 aliphatic heterocycles. The molecule has 0 aromatic rings. The number of quaternary nitrogens is 1. The van der Waals surface area contributed by atoms with Crippen molar-refractivity contribution in [2.75, 3.05) is 60.7 Å². The van der Waals surface area contributed by atoms with Crippen LogP contribution in [0.1, 0.15) is 26.2 Å². The standard InChI is InChI=1S/C16H34NO6P/c1-6-8-9-12-21-16(14-20-11-7-2)15-23-24(18,19)22-13-10-17(3,4)5/h7,16H,2,6,8-15H2,1,3-5H3/p+1. The highest BCUT2D eigenvalue weighted by atomic mass is 31.2. The van der Waals surface area contributed by atoms with Crippen LogP contribution in [0.2, 0.25) is 0 Å². The summed E-state index contributed by atoms with van der Waals surface area (Å²) in [5, 5.41) is 0. The average Bonchev–Trinajstić information content (AvgIpc) is 2.47. The first-order valence-electron chi connectivity index (χ1n) is 8.42. The van der Waals surface area contributed by atoms with E-state index in [4.69, 9.17) is 18.5 Å². The van der Waals surface area contributed by atoms with E-state index in [9.17, 15) is 9.46 Å². The molecule has 8 heteroatoms. The molecule has 0 saturated heterocycles. The van der Waals surface area contributed by atoms with E-state index in [1.165, 1.54) is 0 Å². The lowest BCUT2D eigenvalue weighted by Gasteiger charge is -2.24. The summed E-state index contributed by atoms with van der Waals surface area (Å²) < 4.78 is 33.6. The maximum Gasteiger partial charge on any atom is 0.472 e. The van der Waals surface area contributed by atoms with Gasteiger partial charge in [-0.1, -0.05) is 25.8 Å². The Bertz CT molecular complexity index is 372. The molecule has 0 aliphatic carbocycles. The van der Waals surface area contributed by atoms with Gasteiger partial charge in [0, 0.05) is 6.61 Å². The molecule has 1 N–H and O–H groups in total. The summed E-state index contributed by atoms with van der Waals surface area (Å²) in [5.41, 5.74) is 0. The van der Waals surface area contributed by atoms with Gasteiger partial charge >= 0.3 is 7.82 Å². The predicted molar refractivity (Wildman–Crippen MR) is 94.9 cm³/mol. The monoisotopic (exact) mass is 368 g/mol. The highest BCUT2D eigenvalue weighted by Crippen LogP contribution is 2.43. The molecule has 0 bridgehead atoms. The van der Waals surface area contributed by atoms with Crippen LogP contribution in [0.15, 0.2) is 12.7 Å². The molecule has 24 heavy (non-hydrogen) atoms. The number of phosphoric ester groups is 1. The summed E-state index contributed by atoms with van der Waals surface area (Å²) in [7, 11) is 1.85. The Balaban J connectivity index is 4.22. The van der Waals surface area contributed by atoms with Crippen LogP contribution in [0.5, 0.6) is 0 Å². The highest BCUT2D eigenvalue weighted by molar-refractivity contribution is 7.47. The summed E-state index contributed by atoms with van der Waals surface area (Å²) in [6.45, 7) is 7.63. The smallest absolute Gasteiger partial charge is 0.375 e. The number of nitrogens with zero attached hydrogens (tertiary/aromatic N) is 1. The second-order valence-corrected chi connectivity index (χ2v) is 8.09. The third-order valence-corrected chi connectivity index (χ3v) is 4.07. The maximum absolute atomic E-state index is 11.9. The van der Waals surface area contributed by atoms with E-state index in [0.29, 0.717) is 24.2 Å². The van der Waals surface area contributed by atoms with Crippen molar-refractivity contribution in [3.8, 4) is 0 Å². The molecule has 0 saturated carbocycles. The van der Waals surface area contributed by atoms with Gasteiger partial charge in [0.05, 0.1) is 41.0 Å². The lowest BCUT2D eigenvalue weighted by molar-refractivity contribution is -0.870. The molecule has 0 rings (SSSR count). The maximum atomic E-state index is 11.9. The van der Waals surface area contributed by atoms with E-state index in [1.54, 1.807) is 6.08 Å². The number of unbranched alkanes of at least 4 members (excludes halogenated alkanes) is 2. The molecule has 0 spiro atoms. The largest absolute Gasteiger partial charge is 0.472 e. The zero-order chi connectivity index (χ0) is 18.5. The molecule has 7 nitrogen and oxygen atoms in total. The number of rotatable bonds is 16. The number of hydrogen-bond donors (Lipinski definition) is 1. The number of ether oxygens (including phenoxy) is 2. The quantitative estimate of drug-likeness (QED) is 0.195. The Morgan fingerprint density at radius 1 is 1.17 bits per heavy atom. The van der Waals surface area contributed by atoms with Crippen LogP contribution < -0.4 is 0 Å². The van der Waals surface area contributed by atoms with Gasteiger partial charge in [-0.15, -0.1) is 6.58 Å². The molecular weight excluding hydrogens is 333 g/mol. The van der Waals surface area contributed by atoms with Crippen molar-refractivity contribution in [1.82, 2.24) is 0 Å². The summed E-state index contributed by atoms with van der Waals surface area (Å²) in [6.07, 6.45) is 4.34. The van der Waals surface area contributed by atoms with E-state index in [0.717, 1.165) is 19.3 Å². The first kappa shape index (κ1) is 23.7. The molecule has 2 unspecified atom stereocenters. The van der Waals surface area contributed by atoms with Crippen molar-refractivity contribution in [2.45, 2.75) is 32.3 Å². The Labute approximate surface area is 146 Å². The van der Waals surface area contributed by atoms with Crippen LogP contribution in [0.4, 0.5) is 0 Å². The second-order valence-electron chi connectivity index (χ2n) is 6.64. The summed E-state index contributed by atoms with van der Waals surface area (Å²) in [4.78, 5) is 9.73. The van der Waals surface area contributed by atoms with Gasteiger partial charge in [-0.05, 0) is 6.42 Å². The van der Waals surface area contributed by atoms with Gasteiger partial charge < -0.3 is 18.9 Å². The fourth-order valence-corrected chi connectivity index (χ4v) is 2.42. The lowest BCUT2D eigenvalue weighted by Crippen LogP contribution is -2.37. The van der Waals surface area contributed by atoms with Crippen LogP contribution in [-0.2, 0) is 23.1 Å². The van der Waals surface area contributed by atoms with Gasteiger partial charge in [-0.25, -0.2) is 4.57 Å². The Kier molecular flexibility index (Phi) is 12.9. The first-order valence-corrected chi connectivity index (χ1v) is 9.92. The molecule has 2 atom stereocenters. The fourth-order valence-electron chi connectivity index (χ4n) is 1.67. The molecule has 0 amide bonds. The van der Waals surface area contributed by atoms with E-state index in [2.05, 4.69) is 13.5 Å². The topological polar surface area (TPSA) is 74.2 Å². The molecular formula is C16H35NO6P+. The van der Waals surface area contributed by atoms with E-state index in [-0.39, 0.29) is 19.8 Å². The van der Waals surface area contributed by atoms with Gasteiger partial charge in [-0.3, -0.25) is 9.05 Å². The van der Waals surface area contributed by atoms with Gasteiger partial charge in [0.25, 0.3) is 0 Å². The van der Waals surface area contributed by atoms with Crippen molar-refractivity contribution < 1.29 is 32.5 Å². The van der Waals surface area contributed by atoms with E-state index in [1.807, 2.05) is 21.1 Å². The van der Waals surface area contributed by atoms with Crippen molar-refractivity contribution in [1.29, 1.82) is 0 Å². The van der Waals surface area contributed by atoms with Crippen LogP contribution >= 0.6 is 7.82 Å². The third kappa shape index (κ3) is 15.3.